The second-order valence-corrected chi connectivity index (χ2v) is 3.02. The number of nitrogens with one attached hydrogen (secondary N) is 1. The standard InChI is InChI=1S/C8H11N3OS/c1-5-3-4-7(12-5)6(2)10-11-8(9)13/h3-4H,1-2H3,(H3,9,11,13). The molecule has 5 heteroatoms. The van der Waals surface area contributed by atoms with Crippen LogP contribution in [0.15, 0.2) is 21.7 Å². The fourth-order valence-electron chi connectivity index (χ4n) is 0.823. The highest BCUT2D eigenvalue weighted by Gasteiger charge is 2.01. The first kappa shape index (κ1) is 9.73. The van der Waals surface area contributed by atoms with Crippen LogP contribution >= 0.6 is 12.2 Å². The first-order chi connectivity index (χ1) is 6.09. The van der Waals surface area contributed by atoms with Gasteiger partial charge in [0, 0.05) is 0 Å². The van der Waals surface area contributed by atoms with Crippen molar-refractivity contribution in [1.29, 1.82) is 0 Å². The number of aryl methyl sites for hydroxylation is 1. The van der Waals surface area contributed by atoms with Crippen LogP contribution in [0, 0.1) is 6.92 Å². The molecular weight excluding hydrogens is 186 g/mol. The normalized spacial score (nSPS) is 11.4. The van der Waals surface area contributed by atoms with Crippen LogP contribution in [-0.2, 0) is 0 Å². The number of hydrazone groups is 1. The molecule has 1 aromatic rings. The Morgan fingerprint density at radius 2 is 2.31 bits per heavy atom. The van der Waals surface area contributed by atoms with Crippen molar-refractivity contribution >= 4 is 23.0 Å². The Kier molecular flexibility index (Phi) is 3.02. The minimum atomic E-state index is 0.141. The zero-order valence-corrected chi connectivity index (χ0v) is 8.31. The lowest BCUT2D eigenvalue weighted by molar-refractivity contribution is 0.525. The first-order valence-corrected chi connectivity index (χ1v) is 4.17. The van der Waals surface area contributed by atoms with Crippen molar-refractivity contribution in [1.82, 2.24) is 5.43 Å². The van der Waals surface area contributed by atoms with E-state index in [-0.39, 0.29) is 5.11 Å². The van der Waals surface area contributed by atoms with Gasteiger partial charge in [-0.15, -0.1) is 0 Å². The summed E-state index contributed by atoms with van der Waals surface area (Å²) in [5.74, 6) is 1.56. The van der Waals surface area contributed by atoms with Crippen molar-refractivity contribution in [2.75, 3.05) is 0 Å². The number of hydrogen-bond acceptors (Lipinski definition) is 3. The molecule has 0 unspecified atom stereocenters. The molecule has 0 saturated carbocycles. The summed E-state index contributed by atoms with van der Waals surface area (Å²) >= 11 is 4.60. The van der Waals surface area contributed by atoms with E-state index in [1.165, 1.54) is 0 Å². The highest BCUT2D eigenvalue weighted by molar-refractivity contribution is 7.80. The summed E-state index contributed by atoms with van der Waals surface area (Å²) in [5.41, 5.74) is 8.41. The number of thiocarbonyl (C=S) groups is 1. The van der Waals surface area contributed by atoms with Gasteiger partial charge in [-0.25, -0.2) is 0 Å². The minimum Gasteiger partial charge on any atom is -0.460 e. The molecule has 0 bridgehead atoms. The molecular formula is C8H11N3OS. The molecule has 0 aliphatic heterocycles. The third-order valence-corrected chi connectivity index (χ3v) is 1.52. The molecule has 0 radical (unpaired) electrons. The van der Waals surface area contributed by atoms with E-state index in [9.17, 15) is 0 Å². The topological polar surface area (TPSA) is 63.5 Å². The molecule has 0 saturated heterocycles. The predicted octanol–water partition coefficient (Wildman–Crippen LogP) is 1.15. The third-order valence-electron chi connectivity index (χ3n) is 1.43. The van der Waals surface area contributed by atoms with E-state index in [2.05, 4.69) is 22.7 Å². The van der Waals surface area contributed by atoms with E-state index in [0.717, 1.165) is 5.76 Å². The van der Waals surface area contributed by atoms with Crippen LogP contribution in [-0.4, -0.2) is 10.8 Å². The summed E-state index contributed by atoms with van der Waals surface area (Å²) in [5, 5.41) is 4.06. The molecule has 13 heavy (non-hydrogen) atoms. The Balaban J connectivity index is 2.72. The fraction of sp³-hybridized carbons (Fsp3) is 0.250. The smallest absolute Gasteiger partial charge is 0.184 e. The van der Waals surface area contributed by atoms with Gasteiger partial charge >= 0.3 is 0 Å². The van der Waals surface area contributed by atoms with Crippen molar-refractivity contribution in [3.8, 4) is 0 Å². The quantitative estimate of drug-likeness (QED) is 0.424. The molecule has 1 heterocycles. The van der Waals surface area contributed by atoms with E-state index in [1.54, 1.807) is 0 Å². The molecule has 0 atom stereocenters. The molecule has 1 rings (SSSR count). The highest BCUT2D eigenvalue weighted by Crippen LogP contribution is 2.06. The van der Waals surface area contributed by atoms with Gasteiger partial charge in [0.25, 0.3) is 0 Å². The van der Waals surface area contributed by atoms with Gasteiger partial charge in [-0.2, -0.15) is 5.10 Å². The lowest BCUT2D eigenvalue weighted by atomic mass is 10.3. The summed E-state index contributed by atoms with van der Waals surface area (Å²) in [6.07, 6.45) is 0. The maximum Gasteiger partial charge on any atom is 0.184 e. The average molecular weight is 197 g/mol. The molecule has 0 fully saturated rings. The lowest BCUT2D eigenvalue weighted by Gasteiger charge is -1.97. The maximum absolute atomic E-state index is 5.32. The number of hydrogen-bond donors (Lipinski definition) is 2. The fourth-order valence-corrected chi connectivity index (χ4v) is 0.869. The number of nitrogens with two attached hydrogens (primary N) is 1. The minimum absolute atomic E-state index is 0.141. The van der Waals surface area contributed by atoms with Gasteiger partial charge in [0.2, 0.25) is 0 Å². The van der Waals surface area contributed by atoms with E-state index >= 15 is 0 Å². The van der Waals surface area contributed by atoms with Gasteiger partial charge in [0.05, 0.1) is 0 Å². The van der Waals surface area contributed by atoms with Crippen molar-refractivity contribution in [2.24, 2.45) is 10.8 Å². The summed E-state index contributed by atoms with van der Waals surface area (Å²) in [6, 6.07) is 3.71. The first-order valence-electron chi connectivity index (χ1n) is 3.76. The second-order valence-electron chi connectivity index (χ2n) is 2.58. The molecule has 4 nitrogen and oxygen atoms in total. The summed E-state index contributed by atoms with van der Waals surface area (Å²) in [4.78, 5) is 0. The Morgan fingerprint density at radius 3 is 2.77 bits per heavy atom. The van der Waals surface area contributed by atoms with Crippen LogP contribution in [0.3, 0.4) is 0 Å². The molecule has 1 aromatic heterocycles. The van der Waals surface area contributed by atoms with Crippen LogP contribution in [0.5, 0.6) is 0 Å². The van der Waals surface area contributed by atoms with E-state index < -0.39 is 0 Å². The zero-order valence-electron chi connectivity index (χ0n) is 7.50. The molecule has 0 aromatic carbocycles. The van der Waals surface area contributed by atoms with Gasteiger partial charge in [-0.3, -0.25) is 5.43 Å². The third kappa shape index (κ3) is 2.87. The van der Waals surface area contributed by atoms with Crippen LogP contribution in [0.1, 0.15) is 18.4 Å². The average Bonchev–Trinajstić information content (AvgIpc) is 2.47. The SMILES string of the molecule is CC(=NNC(N)=S)c1ccc(C)o1. The van der Waals surface area contributed by atoms with E-state index in [0.29, 0.717) is 11.5 Å². The van der Waals surface area contributed by atoms with Crippen LogP contribution in [0.2, 0.25) is 0 Å². The van der Waals surface area contributed by atoms with Gasteiger partial charge in [-0.05, 0) is 38.2 Å². The van der Waals surface area contributed by atoms with Crippen molar-refractivity contribution in [3.05, 3.63) is 23.7 Å². The molecule has 70 valence electrons. The van der Waals surface area contributed by atoms with E-state index in [4.69, 9.17) is 10.2 Å². The van der Waals surface area contributed by atoms with Crippen molar-refractivity contribution in [2.45, 2.75) is 13.8 Å². The Morgan fingerprint density at radius 1 is 1.62 bits per heavy atom. The van der Waals surface area contributed by atoms with Crippen molar-refractivity contribution < 1.29 is 4.42 Å². The molecule has 0 aliphatic rings. The number of furan rings is 1. The summed E-state index contributed by atoms with van der Waals surface area (Å²) < 4.78 is 5.32. The molecule has 0 amide bonds. The Bertz CT molecular complexity index is 343. The summed E-state index contributed by atoms with van der Waals surface area (Å²) in [6.45, 7) is 3.68. The maximum atomic E-state index is 5.32. The Hall–Kier alpha value is -1.36. The molecule has 0 aliphatic carbocycles. The largest absolute Gasteiger partial charge is 0.460 e. The predicted molar refractivity (Wildman–Crippen MR) is 55.6 cm³/mol. The van der Waals surface area contributed by atoms with Gasteiger partial charge in [0.15, 0.2) is 5.11 Å². The van der Waals surface area contributed by atoms with Crippen LogP contribution < -0.4 is 11.2 Å². The molecule has 3 N–H and O–H groups in total. The molecule has 0 spiro atoms. The second kappa shape index (κ2) is 4.04. The number of rotatable bonds is 2. The van der Waals surface area contributed by atoms with E-state index in [1.807, 2.05) is 26.0 Å². The van der Waals surface area contributed by atoms with Gasteiger partial charge < -0.3 is 10.2 Å². The van der Waals surface area contributed by atoms with Crippen LogP contribution in [0.4, 0.5) is 0 Å². The van der Waals surface area contributed by atoms with Gasteiger partial charge in [-0.1, -0.05) is 0 Å². The van der Waals surface area contributed by atoms with Gasteiger partial charge in [0.1, 0.15) is 17.2 Å². The Labute approximate surface area is 81.8 Å². The highest BCUT2D eigenvalue weighted by atomic mass is 32.1. The lowest BCUT2D eigenvalue weighted by Crippen LogP contribution is -2.25. The van der Waals surface area contributed by atoms with Crippen molar-refractivity contribution in [3.63, 3.8) is 0 Å². The summed E-state index contributed by atoms with van der Waals surface area (Å²) in [7, 11) is 0. The number of nitrogens with zero attached hydrogens (tertiary/aromatic N) is 1. The monoisotopic (exact) mass is 197 g/mol. The van der Waals surface area contributed by atoms with Crippen LogP contribution in [0.25, 0.3) is 0 Å². The zero-order chi connectivity index (χ0) is 9.84.